The lowest BCUT2D eigenvalue weighted by atomic mass is 9.64. The molecular formula is C30H42N6O3. The Balaban J connectivity index is 1.25. The highest BCUT2D eigenvalue weighted by Gasteiger charge is 2.49. The molecule has 1 saturated carbocycles. The molecule has 0 unspecified atom stereocenters. The Kier molecular flexibility index (Phi) is 6.42. The van der Waals surface area contributed by atoms with Crippen molar-refractivity contribution in [2.24, 2.45) is 11.8 Å². The van der Waals surface area contributed by atoms with Gasteiger partial charge in [-0.25, -0.2) is 4.98 Å². The molecule has 2 aliphatic carbocycles. The second kappa shape index (κ2) is 9.84. The molecule has 0 bridgehead atoms. The molecule has 3 saturated heterocycles. The van der Waals surface area contributed by atoms with Gasteiger partial charge in [-0.05, 0) is 84.3 Å². The summed E-state index contributed by atoms with van der Waals surface area (Å²) in [7, 11) is 4.40. The van der Waals surface area contributed by atoms with Gasteiger partial charge in [-0.2, -0.15) is 4.98 Å². The van der Waals surface area contributed by atoms with Gasteiger partial charge < -0.3 is 19.1 Å². The van der Waals surface area contributed by atoms with Crippen LogP contribution in [0.5, 0.6) is 5.88 Å². The Morgan fingerprint density at radius 2 is 1.82 bits per heavy atom. The van der Waals surface area contributed by atoms with Crippen LogP contribution in [0.4, 0.5) is 5.82 Å². The summed E-state index contributed by atoms with van der Waals surface area (Å²) >= 11 is 0. The predicted octanol–water partition coefficient (Wildman–Crippen LogP) is 3.71. The summed E-state index contributed by atoms with van der Waals surface area (Å²) in [6, 6.07) is 2.41. The van der Waals surface area contributed by atoms with E-state index in [1.54, 1.807) is 0 Å². The maximum atomic E-state index is 13.2. The molecule has 0 aromatic carbocycles. The van der Waals surface area contributed by atoms with Crippen molar-refractivity contribution in [3.05, 3.63) is 17.4 Å². The Bertz CT molecular complexity index is 1230. The van der Waals surface area contributed by atoms with Crippen molar-refractivity contribution in [2.75, 3.05) is 51.7 Å². The molecule has 5 aliphatic rings. The molecule has 3 aliphatic heterocycles. The van der Waals surface area contributed by atoms with Crippen LogP contribution in [-0.2, 0) is 16.6 Å². The predicted molar refractivity (Wildman–Crippen MR) is 148 cm³/mol. The standard InChI is InChI=1S/C30H42N6O3/c1-19(23-9-7-13-35(23)3)38-26-14-25(36-17-20-15-34(2)16-21(20)18-36)31-29(32-26)27-22-8-6-12-30(28(22)39-33-27)11-5-4-10-24(30)37/h14,19-21,23H,4-13,15-18H2,1-3H3/t19-,20-,21+,23-,30+/m0/s1. The number of likely N-dealkylation sites (tertiary alicyclic amines) is 2. The van der Waals surface area contributed by atoms with Crippen LogP contribution in [0, 0.1) is 11.8 Å². The van der Waals surface area contributed by atoms with E-state index in [1.165, 1.54) is 6.42 Å². The van der Waals surface area contributed by atoms with Crippen molar-refractivity contribution in [1.29, 1.82) is 0 Å². The van der Waals surface area contributed by atoms with E-state index >= 15 is 0 Å². The number of hydrogen-bond acceptors (Lipinski definition) is 9. The van der Waals surface area contributed by atoms with Gasteiger partial charge in [-0.1, -0.05) is 11.6 Å². The Morgan fingerprint density at radius 3 is 2.56 bits per heavy atom. The van der Waals surface area contributed by atoms with Crippen LogP contribution in [0.15, 0.2) is 10.6 Å². The number of anilines is 1. The molecule has 9 heteroatoms. The third-order valence-electron chi connectivity index (χ3n) is 10.4. The van der Waals surface area contributed by atoms with E-state index < -0.39 is 5.41 Å². The second-order valence-corrected chi connectivity index (χ2v) is 13.0. The van der Waals surface area contributed by atoms with E-state index in [1.807, 2.05) is 6.07 Å². The van der Waals surface area contributed by atoms with Gasteiger partial charge in [0.15, 0.2) is 17.3 Å². The number of carbonyl (C=O) groups is 1. The molecule has 2 aromatic rings. The quantitative estimate of drug-likeness (QED) is 0.570. The molecule has 5 atom stereocenters. The zero-order valence-electron chi connectivity index (χ0n) is 23.7. The molecule has 1 spiro atoms. The molecule has 5 heterocycles. The summed E-state index contributed by atoms with van der Waals surface area (Å²) in [5.74, 6) is 4.52. The number of ether oxygens (including phenoxy) is 1. The number of nitrogens with zero attached hydrogens (tertiary/aromatic N) is 6. The van der Waals surface area contributed by atoms with Gasteiger partial charge >= 0.3 is 0 Å². The van der Waals surface area contributed by atoms with Crippen molar-refractivity contribution in [3.63, 3.8) is 0 Å². The average molecular weight is 535 g/mol. The summed E-state index contributed by atoms with van der Waals surface area (Å²) in [6.07, 6.45) is 8.56. The van der Waals surface area contributed by atoms with Gasteiger partial charge in [0.25, 0.3) is 0 Å². The Labute approximate surface area is 231 Å². The monoisotopic (exact) mass is 534 g/mol. The van der Waals surface area contributed by atoms with E-state index in [-0.39, 0.29) is 6.10 Å². The van der Waals surface area contributed by atoms with Gasteiger partial charge in [0.05, 0.1) is 5.41 Å². The first kappa shape index (κ1) is 25.4. The number of likely N-dealkylation sites (N-methyl/N-ethyl adjacent to an activating group) is 1. The van der Waals surface area contributed by atoms with Crippen LogP contribution in [0.2, 0.25) is 0 Å². The number of fused-ring (bicyclic) bond motifs is 3. The third-order valence-corrected chi connectivity index (χ3v) is 10.4. The molecule has 4 fully saturated rings. The minimum absolute atomic E-state index is 0.0223. The van der Waals surface area contributed by atoms with Crippen molar-refractivity contribution >= 4 is 11.6 Å². The van der Waals surface area contributed by atoms with Gasteiger partial charge in [-0.3, -0.25) is 9.69 Å². The first-order valence-electron chi connectivity index (χ1n) is 15.1. The minimum atomic E-state index is -0.506. The van der Waals surface area contributed by atoms with Crippen LogP contribution in [0.25, 0.3) is 11.5 Å². The Morgan fingerprint density at radius 1 is 1.03 bits per heavy atom. The molecule has 39 heavy (non-hydrogen) atoms. The van der Waals surface area contributed by atoms with Crippen molar-refractivity contribution in [3.8, 4) is 17.4 Å². The highest BCUT2D eigenvalue weighted by Crippen LogP contribution is 2.47. The number of rotatable bonds is 5. The largest absolute Gasteiger partial charge is 0.473 e. The maximum absolute atomic E-state index is 13.2. The number of hydrogen-bond donors (Lipinski definition) is 0. The minimum Gasteiger partial charge on any atom is -0.473 e. The van der Waals surface area contributed by atoms with Gasteiger partial charge in [0, 0.05) is 50.3 Å². The lowest BCUT2D eigenvalue weighted by Crippen LogP contribution is -2.41. The van der Waals surface area contributed by atoms with Crippen LogP contribution < -0.4 is 9.64 Å². The normalized spacial score (nSPS) is 32.1. The van der Waals surface area contributed by atoms with Gasteiger partial charge in [0.1, 0.15) is 17.7 Å². The molecule has 9 nitrogen and oxygen atoms in total. The topological polar surface area (TPSA) is 87.8 Å². The molecular weight excluding hydrogens is 492 g/mol. The van der Waals surface area contributed by atoms with E-state index in [2.05, 4.69) is 40.9 Å². The van der Waals surface area contributed by atoms with Crippen molar-refractivity contribution in [1.82, 2.24) is 24.9 Å². The highest BCUT2D eigenvalue weighted by molar-refractivity contribution is 5.91. The fourth-order valence-electron chi connectivity index (χ4n) is 8.32. The number of ketones is 1. The molecule has 0 radical (unpaired) electrons. The van der Waals surface area contributed by atoms with E-state index in [4.69, 9.17) is 19.2 Å². The summed E-state index contributed by atoms with van der Waals surface area (Å²) in [5, 5.41) is 4.56. The lowest BCUT2D eigenvalue weighted by molar-refractivity contribution is -0.128. The fraction of sp³-hybridized carbons (Fsp3) is 0.733. The van der Waals surface area contributed by atoms with Crippen LogP contribution in [-0.4, -0.2) is 89.7 Å². The fourth-order valence-corrected chi connectivity index (χ4v) is 8.32. The zero-order chi connectivity index (χ0) is 26.7. The van der Waals surface area contributed by atoms with E-state index in [0.29, 0.717) is 47.5 Å². The Hall–Kier alpha value is -2.52. The molecule has 2 aromatic heterocycles. The number of aromatic nitrogens is 3. The number of Topliss-reactive ketones (excluding diaryl/α,β-unsaturated/α-hetero) is 1. The third kappa shape index (κ3) is 4.36. The van der Waals surface area contributed by atoms with Crippen molar-refractivity contribution in [2.45, 2.75) is 82.3 Å². The summed E-state index contributed by atoms with van der Waals surface area (Å²) in [5.41, 5.74) is 1.22. The number of carbonyl (C=O) groups excluding carboxylic acids is 1. The average Bonchev–Trinajstić information content (AvgIpc) is 3.69. The molecule has 210 valence electrons. The first-order valence-corrected chi connectivity index (χ1v) is 15.1. The smallest absolute Gasteiger partial charge is 0.219 e. The van der Waals surface area contributed by atoms with E-state index in [9.17, 15) is 4.79 Å². The molecule has 0 amide bonds. The maximum Gasteiger partial charge on any atom is 0.219 e. The van der Waals surface area contributed by atoms with Gasteiger partial charge in [0.2, 0.25) is 5.88 Å². The zero-order valence-corrected chi connectivity index (χ0v) is 23.7. The van der Waals surface area contributed by atoms with Gasteiger partial charge in [-0.15, -0.1) is 0 Å². The lowest BCUT2D eigenvalue weighted by Gasteiger charge is -2.36. The van der Waals surface area contributed by atoms with Crippen LogP contribution in [0.3, 0.4) is 0 Å². The van der Waals surface area contributed by atoms with Crippen molar-refractivity contribution < 1.29 is 14.1 Å². The SMILES string of the molecule is C[C@H](Oc1cc(N2C[C@H]3CN(C)C[C@H]3C2)nc(-c2noc3c2CCC[C@@]32CCCCC2=O)n1)[C@@H]1CCCN1C. The van der Waals surface area contributed by atoms with E-state index in [0.717, 1.165) is 94.8 Å². The second-order valence-electron chi connectivity index (χ2n) is 13.0. The molecule has 0 N–H and O–H groups in total. The highest BCUT2D eigenvalue weighted by atomic mass is 16.5. The van der Waals surface area contributed by atoms with Crippen LogP contribution in [0.1, 0.15) is 69.6 Å². The summed E-state index contributed by atoms with van der Waals surface area (Å²) < 4.78 is 12.6. The molecule has 7 rings (SSSR count). The van der Waals surface area contributed by atoms with Crippen LogP contribution >= 0.6 is 0 Å². The summed E-state index contributed by atoms with van der Waals surface area (Å²) in [4.78, 5) is 30.5. The summed E-state index contributed by atoms with van der Waals surface area (Å²) in [6.45, 7) is 7.54. The first-order chi connectivity index (χ1) is 18.9.